The Labute approximate surface area is 117 Å². The largest absolute Gasteiger partial charge is 0.394 e. The maximum absolute atomic E-state index is 6.07. The van der Waals surface area contributed by atoms with Gasteiger partial charge >= 0.3 is 0 Å². The van der Waals surface area contributed by atoms with Gasteiger partial charge in [-0.2, -0.15) is 16.7 Å². The van der Waals surface area contributed by atoms with E-state index in [2.05, 4.69) is 28.7 Å². The number of halogens is 1. The van der Waals surface area contributed by atoms with Crippen LogP contribution in [0.2, 0.25) is 5.28 Å². The van der Waals surface area contributed by atoms with Crippen molar-refractivity contribution >= 4 is 34.9 Å². The van der Waals surface area contributed by atoms with Crippen LogP contribution in [0.4, 0.5) is 11.5 Å². The van der Waals surface area contributed by atoms with Crippen molar-refractivity contribution in [1.29, 1.82) is 0 Å². The third-order valence-corrected chi connectivity index (χ3v) is 4.77. The number of thioether (sulfide) groups is 1. The van der Waals surface area contributed by atoms with E-state index in [0.29, 0.717) is 10.4 Å². The molecule has 6 heteroatoms. The zero-order valence-electron chi connectivity index (χ0n) is 11.0. The molecule has 1 aromatic rings. The highest BCUT2D eigenvalue weighted by atomic mass is 35.5. The monoisotopic (exact) mass is 286 g/mol. The molecule has 1 aliphatic rings. The minimum absolute atomic E-state index is 0.271. The number of nitrogens with two attached hydrogens (primary N) is 1. The lowest BCUT2D eigenvalue weighted by atomic mass is 10.1. The van der Waals surface area contributed by atoms with Gasteiger partial charge in [0.2, 0.25) is 5.28 Å². The fraction of sp³-hybridized carbons (Fsp3) is 0.667. The van der Waals surface area contributed by atoms with Crippen molar-refractivity contribution in [3.63, 3.8) is 0 Å². The Kier molecular flexibility index (Phi) is 3.92. The highest BCUT2D eigenvalue weighted by Gasteiger charge is 2.25. The minimum atomic E-state index is 0.271. The van der Waals surface area contributed by atoms with Crippen molar-refractivity contribution in [3.8, 4) is 0 Å². The number of anilines is 2. The molecular formula is C12H19ClN4S. The summed E-state index contributed by atoms with van der Waals surface area (Å²) in [6.45, 7) is 8.33. The highest BCUT2D eigenvalue weighted by molar-refractivity contribution is 8.00. The molecule has 0 radical (unpaired) electrons. The third-order valence-electron chi connectivity index (χ3n) is 3.23. The zero-order valence-corrected chi connectivity index (χ0v) is 12.6. The van der Waals surface area contributed by atoms with Gasteiger partial charge in [-0.05, 0) is 24.9 Å². The van der Waals surface area contributed by atoms with Crippen LogP contribution in [0.1, 0.15) is 26.0 Å². The maximum atomic E-state index is 6.07. The maximum Gasteiger partial charge on any atom is 0.224 e. The fourth-order valence-electron chi connectivity index (χ4n) is 2.01. The van der Waals surface area contributed by atoms with E-state index in [1.807, 2.05) is 18.7 Å². The van der Waals surface area contributed by atoms with Gasteiger partial charge in [0.05, 0.1) is 11.4 Å². The molecule has 1 aliphatic heterocycles. The van der Waals surface area contributed by atoms with Gasteiger partial charge in [0.25, 0.3) is 0 Å². The minimum Gasteiger partial charge on any atom is -0.394 e. The van der Waals surface area contributed by atoms with Crippen molar-refractivity contribution in [2.45, 2.75) is 31.9 Å². The molecule has 0 aromatic carbocycles. The summed E-state index contributed by atoms with van der Waals surface area (Å²) in [5.74, 6) is 1.86. The van der Waals surface area contributed by atoms with Crippen LogP contribution in [-0.4, -0.2) is 33.6 Å². The molecule has 1 fully saturated rings. The summed E-state index contributed by atoms with van der Waals surface area (Å²) >= 11 is 7.92. The second-order valence-corrected chi connectivity index (χ2v) is 7.30. The third kappa shape index (κ3) is 3.01. The Morgan fingerprint density at radius 1 is 1.33 bits per heavy atom. The van der Waals surface area contributed by atoms with Gasteiger partial charge < -0.3 is 10.6 Å². The van der Waals surface area contributed by atoms with Crippen molar-refractivity contribution in [2.24, 2.45) is 0 Å². The molecule has 0 saturated carbocycles. The summed E-state index contributed by atoms with van der Waals surface area (Å²) in [6.07, 6.45) is 1.11. The van der Waals surface area contributed by atoms with Crippen LogP contribution in [0.3, 0.4) is 0 Å². The lowest BCUT2D eigenvalue weighted by molar-refractivity contribution is 0.635. The smallest absolute Gasteiger partial charge is 0.224 e. The number of aryl methyl sites for hydroxylation is 1. The second kappa shape index (κ2) is 5.13. The summed E-state index contributed by atoms with van der Waals surface area (Å²) in [4.78, 5) is 10.6. The van der Waals surface area contributed by atoms with Gasteiger partial charge in [0.15, 0.2) is 5.82 Å². The van der Waals surface area contributed by atoms with E-state index in [4.69, 9.17) is 17.3 Å². The van der Waals surface area contributed by atoms with E-state index < -0.39 is 0 Å². The molecule has 0 atom stereocenters. The molecule has 0 amide bonds. The summed E-state index contributed by atoms with van der Waals surface area (Å²) in [7, 11) is 0. The second-order valence-electron chi connectivity index (χ2n) is 5.16. The first-order valence-electron chi connectivity index (χ1n) is 6.07. The molecule has 100 valence electrons. The fourth-order valence-corrected chi connectivity index (χ4v) is 3.31. The summed E-state index contributed by atoms with van der Waals surface area (Å²) in [5, 5.41) is 0.271. The van der Waals surface area contributed by atoms with E-state index in [1.54, 1.807) is 0 Å². The van der Waals surface area contributed by atoms with Crippen LogP contribution in [0.25, 0.3) is 0 Å². The number of nitrogens with zero attached hydrogens (tertiary/aromatic N) is 3. The van der Waals surface area contributed by atoms with Gasteiger partial charge in [-0.25, -0.2) is 4.98 Å². The van der Waals surface area contributed by atoms with Crippen molar-refractivity contribution in [3.05, 3.63) is 11.0 Å². The molecule has 2 N–H and O–H groups in total. The van der Waals surface area contributed by atoms with Crippen LogP contribution >= 0.6 is 23.4 Å². The van der Waals surface area contributed by atoms with Crippen LogP contribution in [-0.2, 0) is 0 Å². The number of nitrogen functional groups attached to an aromatic ring is 1. The quantitative estimate of drug-likeness (QED) is 0.805. The number of rotatable bonds is 1. The van der Waals surface area contributed by atoms with Crippen LogP contribution in [0, 0.1) is 6.92 Å². The average Bonchev–Trinajstić information content (AvgIpc) is 2.45. The first kappa shape index (κ1) is 13.7. The van der Waals surface area contributed by atoms with Gasteiger partial charge in [0, 0.05) is 23.6 Å². The molecule has 0 unspecified atom stereocenters. The standard InChI is InChI=1S/C12H19ClN4S/c1-8-9(14)10(16-11(13)15-8)17-5-4-12(2,3)18-7-6-17/h4-7,14H2,1-3H3. The topological polar surface area (TPSA) is 55.0 Å². The Hall–Kier alpha value is -0.680. The summed E-state index contributed by atoms with van der Waals surface area (Å²) < 4.78 is 0.315. The van der Waals surface area contributed by atoms with Crippen LogP contribution in [0.15, 0.2) is 0 Å². The van der Waals surface area contributed by atoms with Gasteiger partial charge in [-0.15, -0.1) is 0 Å². The molecule has 4 nitrogen and oxygen atoms in total. The van der Waals surface area contributed by atoms with E-state index in [1.165, 1.54) is 0 Å². The Balaban J connectivity index is 2.26. The Morgan fingerprint density at radius 3 is 2.78 bits per heavy atom. The molecule has 0 spiro atoms. The summed E-state index contributed by atoms with van der Waals surface area (Å²) in [5.41, 5.74) is 7.46. The number of hydrogen-bond acceptors (Lipinski definition) is 5. The Bertz CT molecular complexity index is 450. The van der Waals surface area contributed by atoms with Crippen LogP contribution in [0.5, 0.6) is 0 Å². The van der Waals surface area contributed by atoms with E-state index in [9.17, 15) is 0 Å². The lowest BCUT2D eigenvalue weighted by Crippen LogP contribution is -2.29. The molecule has 2 heterocycles. The zero-order chi connectivity index (χ0) is 13.3. The van der Waals surface area contributed by atoms with Crippen molar-refractivity contribution in [1.82, 2.24) is 9.97 Å². The first-order chi connectivity index (χ1) is 8.39. The molecule has 1 aromatic heterocycles. The SMILES string of the molecule is Cc1nc(Cl)nc(N2CCSC(C)(C)CC2)c1N. The molecule has 2 rings (SSSR count). The molecule has 18 heavy (non-hydrogen) atoms. The number of aromatic nitrogens is 2. The van der Waals surface area contributed by atoms with Crippen LogP contribution < -0.4 is 10.6 Å². The lowest BCUT2D eigenvalue weighted by Gasteiger charge is -2.24. The van der Waals surface area contributed by atoms with Crippen molar-refractivity contribution < 1.29 is 0 Å². The molecule has 0 bridgehead atoms. The van der Waals surface area contributed by atoms with E-state index in [-0.39, 0.29) is 5.28 Å². The molecular weight excluding hydrogens is 268 g/mol. The normalized spacial score (nSPS) is 19.7. The first-order valence-corrected chi connectivity index (χ1v) is 7.44. The number of hydrogen-bond donors (Lipinski definition) is 1. The van der Waals surface area contributed by atoms with Gasteiger partial charge in [-0.1, -0.05) is 13.8 Å². The van der Waals surface area contributed by atoms with Gasteiger partial charge in [0.1, 0.15) is 0 Å². The van der Waals surface area contributed by atoms with Crippen molar-refractivity contribution in [2.75, 3.05) is 29.5 Å². The van der Waals surface area contributed by atoms with E-state index in [0.717, 1.165) is 36.8 Å². The molecule has 0 aliphatic carbocycles. The Morgan fingerprint density at radius 2 is 2.06 bits per heavy atom. The predicted molar refractivity (Wildman–Crippen MR) is 79.6 cm³/mol. The summed E-state index contributed by atoms with van der Waals surface area (Å²) in [6, 6.07) is 0. The predicted octanol–water partition coefficient (Wildman–Crippen LogP) is 2.74. The van der Waals surface area contributed by atoms with E-state index >= 15 is 0 Å². The molecule has 1 saturated heterocycles. The van der Waals surface area contributed by atoms with Gasteiger partial charge in [-0.3, -0.25) is 0 Å². The highest BCUT2D eigenvalue weighted by Crippen LogP contribution is 2.33. The average molecular weight is 287 g/mol.